The van der Waals surface area contributed by atoms with Crippen molar-refractivity contribution in [1.29, 1.82) is 5.26 Å². The van der Waals surface area contributed by atoms with Crippen molar-refractivity contribution in [3.8, 4) is 6.07 Å². The summed E-state index contributed by atoms with van der Waals surface area (Å²) < 4.78 is 0. The van der Waals surface area contributed by atoms with Crippen molar-refractivity contribution >= 4 is 5.82 Å². The van der Waals surface area contributed by atoms with Gasteiger partial charge in [0.15, 0.2) is 0 Å². The highest BCUT2D eigenvalue weighted by Crippen LogP contribution is 2.10. The molecule has 1 aliphatic rings. The zero-order valence-electron chi connectivity index (χ0n) is 13.9. The zero-order valence-corrected chi connectivity index (χ0v) is 13.9. The monoisotopic (exact) mass is 321 g/mol. The molecule has 1 saturated heterocycles. The number of rotatable bonds is 6. The topological polar surface area (TPSA) is 55.2 Å². The van der Waals surface area contributed by atoms with Crippen LogP contribution in [0, 0.1) is 11.3 Å². The lowest BCUT2D eigenvalue weighted by Gasteiger charge is -2.34. The molecule has 24 heavy (non-hydrogen) atoms. The molecule has 1 aromatic carbocycles. The molecule has 0 unspecified atom stereocenters. The molecule has 5 heteroatoms. The van der Waals surface area contributed by atoms with E-state index < -0.39 is 0 Å². The van der Waals surface area contributed by atoms with E-state index in [1.807, 2.05) is 0 Å². The second-order valence-electron chi connectivity index (χ2n) is 6.04. The van der Waals surface area contributed by atoms with Crippen molar-refractivity contribution in [2.75, 3.05) is 44.6 Å². The quantitative estimate of drug-likeness (QED) is 0.884. The van der Waals surface area contributed by atoms with E-state index in [4.69, 9.17) is 5.26 Å². The van der Waals surface area contributed by atoms with Crippen LogP contribution in [0.25, 0.3) is 0 Å². The van der Waals surface area contributed by atoms with E-state index in [-0.39, 0.29) is 0 Å². The molecule has 1 aromatic heterocycles. The van der Waals surface area contributed by atoms with Gasteiger partial charge in [-0.1, -0.05) is 30.3 Å². The standard InChI is InChI=1S/C19H23N5/c20-15-18-7-4-8-21-19(18)22-9-10-23-11-13-24(14-12-23)16-17-5-2-1-3-6-17/h1-8H,9-14,16H2,(H,21,22). The number of pyridine rings is 1. The predicted molar refractivity (Wildman–Crippen MR) is 95.6 cm³/mol. The van der Waals surface area contributed by atoms with Crippen LogP contribution in [0.3, 0.4) is 0 Å². The fraction of sp³-hybridized carbons (Fsp3) is 0.368. The molecular weight excluding hydrogens is 298 g/mol. The highest BCUT2D eigenvalue weighted by molar-refractivity contribution is 5.51. The SMILES string of the molecule is N#Cc1cccnc1NCCN1CCN(Cc2ccccc2)CC1. The summed E-state index contributed by atoms with van der Waals surface area (Å²) in [7, 11) is 0. The zero-order chi connectivity index (χ0) is 16.6. The number of anilines is 1. The van der Waals surface area contributed by atoms with Crippen molar-refractivity contribution < 1.29 is 0 Å². The summed E-state index contributed by atoms with van der Waals surface area (Å²) in [5.74, 6) is 0.683. The van der Waals surface area contributed by atoms with Crippen LogP contribution in [-0.2, 0) is 6.54 Å². The minimum Gasteiger partial charge on any atom is -0.368 e. The molecule has 0 radical (unpaired) electrons. The van der Waals surface area contributed by atoms with Crippen LogP contribution in [0.2, 0.25) is 0 Å². The van der Waals surface area contributed by atoms with Crippen molar-refractivity contribution in [3.63, 3.8) is 0 Å². The Morgan fingerprint density at radius 2 is 1.75 bits per heavy atom. The molecular formula is C19H23N5. The van der Waals surface area contributed by atoms with Gasteiger partial charge in [0.05, 0.1) is 5.56 Å². The maximum absolute atomic E-state index is 9.07. The average Bonchev–Trinajstić information content (AvgIpc) is 2.64. The third-order valence-electron chi connectivity index (χ3n) is 4.36. The smallest absolute Gasteiger partial charge is 0.143 e. The van der Waals surface area contributed by atoms with E-state index in [2.05, 4.69) is 56.5 Å². The first-order valence-electron chi connectivity index (χ1n) is 8.43. The van der Waals surface area contributed by atoms with Gasteiger partial charge in [0, 0.05) is 52.0 Å². The van der Waals surface area contributed by atoms with Gasteiger partial charge in [0.1, 0.15) is 11.9 Å². The molecule has 124 valence electrons. The fourth-order valence-corrected chi connectivity index (χ4v) is 2.98. The number of nitriles is 1. The molecule has 0 saturated carbocycles. The molecule has 0 amide bonds. The average molecular weight is 321 g/mol. The van der Waals surface area contributed by atoms with E-state index in [1.165, 1.54) is 5.56 Å². The van der Waals surface area contributed by atoms with Gasteiger partial charge in [0.2, 0.25) is 0 Å². The summed E-state index contributed by atoms with van der Waals surface area (Å²) in [6.45, 7) is 7.19. The minimum absolute atomic E-state index is 0.602. The number of benzene rings is 1. The normalized spacial score (nSPS) is 15.8. The van der Waals surface area contributed by atoms with Gasteiger partial charge >= 0.3 is 0 Å². The summed E-state index contributed by atoms with van der Waals surface area (Å²) in [6.07, 6.45) is 1.71. The van der Waals surface area contributed by atoms with E-state index in [0.717, 1.165) is 45.8 Å². The van der Waals surface area contributed by atoms with E-state index in [9.17, 15) is 0 Å². The largest absolute Gasteiger partial charge is 0.368 e. The summed E-state index contributed by atoms with van der Waals surface area (Å²) in [5, 5.41) is 12.3. The maximum Gasteiger partial charge on any atom is 0.143 e. The van der Waals surface area contributed by atoms with Gasteiger partial charge in [-0.25, -0.2) is 4.98 Å². The van der Waals surface area contributed by atoms with Crippen LogP contribution < -0.4 is 5.32 Å². The molecule has 2 heterocycles. The Bertz CT molecular complexity index is 672. The van der Waals surface area contributed by atoms with E-state index in [0.29, 0.717) is 11.4 Å². The number of nitrogens with zero attached hydrogens (tertiary/aromatic N) is 4. The second-order valence-corrected chi connectivity index (χ2v) is 6.04. The van der Waals surface area contributed by atoms with Crippen molar-refractivity contribution in [2.24, 2.45) is 0 Å². The predicted octanol–water partition coefficient (Wildman–Crippen LogP) is 2.18. The van der Waals surface area contributed by atoms with Crippen LogP contribution in [0.15, 0.2) is 48.7 Å². The molecule has 1 N–H and O–H groups in total. The fourth-order valence-electron chi connectivity index (χ4n) is 2.98. The van der Waals surface area contributed by atoms with Gasteiger partial charge in [-0.15, -0.1) is 0 Å². The summed E-state index contributed by atoms with van der Waals surface area (Å²) in [5.41, 5.74) is 1.98. The molecule has 3 rings (SSSR count). The van der Waals surface area contributed by atoms with Gasteiger partial charge in [0.25, 0.3) is 0 Å². The van der Waals surface area contributed by atoms with Crippen LogP contribution >= 0.6 is 0 Å². The lowest BCUT2D eigenvalue weighted by molar-refractivity contribution is 0.130. The van der Waals surface area contributed by atoms with Crippen LogP contribution in [-0.4, -0.2) is 54.1 Å². The van der Waals surface area contributed by atoms with E-state index >= 15 is 0 Å². The first-order chi connectivity index (χ1) is 11.8. The first kappa shape index (κ1) is 16.4. The number of hydrogen-bond acceptors (Lipinski definition) is 5. The Labute approximate surface area is 143 Å². The third-order valence-corrected chi connectivity index (χ3v) is 4.36. The maximum atomic E-state index is 9.07. The Morgan fingerprint density at radius 1 is 1.00 bits per heavy atom. The second kappa shape index (κ2) is 8.44. The lowest BCUT2D eigenvalue weighted by atomic mass is 10.2. The van der Waals surface area contributed by atoms with Gasteiger partial charge in [-0.05, 0) is 17.7 Å². The molecule has 0 bridgehead atoms. The van der Waals surface area contributed by atoms with Crippen LogP contribution in [0.5, 0.6) is 0 Å². The highest BCUT2D eigenvalue weighted by Gasteiger charge is 2.16. The minimum atomic E-state index is 0.602. The molecule has 0 atom stereocenters. The molecule has 1 aliphatic heterocycles. The Hall–Kier alpha value is -2.42. The van der Waals surface area contributed by atoms with Crippen LogP contribution in [0.4, 0.5) is 5.82 Å². The van der Waals surface area contributed by atoms with Gasteiger partial charge < -0.3 is 5.32 Å². The first-order valence-corrected chi connectivity index (χ1v) is 8.43. The van der Waals surface area contributed by atoms with Crippen LogP contribution in [0.1, 0.15) is 11.1 Å². The number of hydrogen-bond donors (Lipinski definition) is 1. The number of nitrogens with one attached hydrogen (secondary N) is 1. The van der Waals surface area contributed by atoms with Crippen molar-refractivity contribution in [2.45, 2.75) is 6.54 Å². The molecule has 0 aliphatic carbocycles. The molecule has 5 nitrogen and oxygen atoms in total. The third kappa shape index (κ3) is 4.54. The summed E-state index contributed by atoms with van der Waals surface area (Å²) in [4.78, 5) is 9.20. The van der Waals surface area contributed by atoms with Crippen molar-refractivity contribution in [3.05, 3.63) is 59.8 Å². The summed E-state index contributed by atoms with van der Waals surface area (Å²) in [6, 6.07) is 16.4. The Balaban J connectivity index is 1.39. The number of aromatic nitrogens is 1. The number of piperazine rings is 1. The van der Waals surface area contributed by atoms with Gasteiger partial charge in [-0.3, -0.25) is 9.80 Å². The molecule has 2 aromatic rings. The molecule has 1 fully saturated rings. The van der Waals surface area contributed by atoms with Crippen molar-refractivity contribution in [1.82, 2.24) is 14.8 Å². The van der Waals surface area contributed by atoms with E-state index in [1.54, 1.807) is 18.3 Å². The van der Waals surface area contributed by atoms with Gasteiger partial charge in [-0.2, -0.15) is 5.26 Å². The Morgan fingerprint density at radius 3 is 2.50 bits per heavy atom. The lowest BCUT2D eigenvalue weighted by Crippen LogP contribution is -2.47. The summed E-state index contributed by atoms with van der Waals surface area (Å²) >= 11 is 0. The molecule has 0 spiro atoms. The highest BCUT2D eigenvalue weighted by atomic mass is 15.3. The Kier molecular flexibility index (Phi) is 5.78.